The number of aliphatic hydroxyl groups is 1. The molecule has 0 aromatic heterocycles. The van der Waals surface area contributed by atoms with Crippen LogP contribution in [0.4, 0.5) is 0 Å². The van der Waals surface area contributed by atoms with Crippen LogP contribution in [0.5, 0.6) is 0 Å². The lowest BCUT2D eigenvalue weighted by Gasteiger charge is -2.43. The van der Waals surface area contributed by atoms with Crippen LogP contribution in [-0.4, -0.2) is 36.1 Å². The summed E-state index contributed by atoms with van der Waals surface area (Å²) in [5.74, 6) is 0.644. The minimum absolute atomic E-state index is 0.172. The number of methoxy groups -OCH3 is 1. The molecule has 3 heteroatoms. The summed E-state index contributed by atoms with van der Waals surface area (Å²) in [5, 5.41) is 10.7. The summed E-state index contributed by atoms with van der Waals surface area (Å²) in [6.07, 6.45) is 5.60. The molecule has 1 fully saturated rings. The first-order valence-corrected chi connectivity index (χ1v) is 7.72. The molecule has 19 heavy (non-hydrogen) atoms. The highest BCUT2D eigenvalue weighted by atomic mass is 16.5. The molecule has 114 valence electrons. The molecule has 3 atom stereocenters. The molecule has 3 unspecified atom stereocenters. The van der Waals surface area contributed by atoms with Gasteiger partial charge in [-0.15, -0.1) is 0 Å². The van der Waals surface area contributed by atoms with E-state index >= 15 is 0 Å². The molecule has 1 rings (SSSR count). The zero-order chi connectivity index (χ0) is 14.5. The van der Waals surface area contributed by atoms with E-state index in [9.17, 15) is 5.11 Å². The van der Waals surface area contributed by atoms with Crippen molar-refractivity contribution < 1.29 is 14.6 Å². The molecule has 0 bridgehead atoms. The van der Waals surface area contributed by atoms with E-state index in [4.69, 9.17) is 9.47 Å². The van der Waals surface area contributed by atoms with Crippen molar-refractivity contribution in [3.05, 3.63) is 0 Å². The number of rotatable bonds is 7. The second kappa shape index (κ2) is 7.05. The van der Waals surface area contributed by atoms with Crippen LogP contribution in [-0.2, 0) is 9.47 Å². The van der Waals surface area contributed by atoms with Crippen molar-refractivity contribution >= 4 is 0 Å². The van der Waals surface area contributed by atoms with E-state index in [1.807, 2.05) is 6.92 Å². The van der Waals surface area contributed by atoms with Crippen LogP contribution in [0.3, 0.4) is 0 Å². The Morgan fingerprint density at radius 1 is 1.42 bits per heavy atom. The van der Waals surface area contributed by atoms with Gasteiger partial charge in [0.2, 0.25) is 0 Å². The summed E-state index contributed by atoms with van der Waals surface area (Å²) in [4.78, 5) is 0. The lowest BCUT2D eigenvalue weighted by atomic mass is 9.74. The van der Waals surface area contributed by atoms with Gasteiger partial charge in [0.25, 0.3) is 0 Å². The molecule has 1 N–H and O–H groups in total. The number of ether oxygens (including phenoxy) is 2. The highest BCUT2D eigenvalue weighted by Gasteiger charge is 2.42. The first-order valence-electron chi connectivity index (χ1n) is 7.72. The molecule has 0 spiro atoms. The van der Waals surface area contributed by atoms with Gasteiger partial charge in [0.05, 0.1) is 17.3 Å². The lowest BCUT2D eigenvalue weighted by Crippen LogP contribution is -2.49. The Labute approximate surface area is 118 Å². The standard InChI is InChI=1S/C16H32O3/c1-6-19-16(10-7-8-13(2)12-16)14(17)9-11-15(3,4)18-5/h13-14,17H,6-12H2,1-5H3. The van der Waals surface area contributed by atoms with Gasteiger partial charge in [-0.2, -0.15) is 0 Å². The van der Waals surface area contributed by atoms with E-state index < -0.39 is 0 Å². The zero-order valence-electron chi connectivity index (χ0n) is 13.4. The van der Waals surface area contributed by atoms with Crippen LogP contribution in [0.25, 0.3) is 0 Å². The minimum Gasteiger partial charge on any atom is -0.390 e. The van der Waals surface area contributed by atoms with Crippen molar-refractivity contribution in [2.75, 3.05) is 13.7 Å². The number of hydrogen-bond acceptors (Lipinski definition) is 3. The van der Waals surface area contributed by atoms with Crippen molar-refractivity contribution in [1.29, 1.82) is 0 Å². The smallest absolute Gasteiger partial charge is 0.0942 e. The first kappa shape index (κ1) is 16.9. The fraction of sp³-hybridized carbons (Fsp3) is 1.00. The molecular weight excluding hydrogens is 240 g/mol. The second-order valence-electron chi connectivity index (χ2n) is 6.72. The maximum absolute atomic E-state index is 10.7. The third-order valence-electron chi connectivity index (χ3n) is 4.60. The fourth-order valence-electron chi connectivity index (χ4n) is 3.21. The Balaban J connectivity index is 2.64. The van der Waals surface area contributed by atoms with E-state index in [-0.39, 0.29) is 17.3 Å². The lowest BCUT2D eigenvalue weighted by molar-refractivity contribution is -0.153. The summed E-state index contributed by atoms with van der Waals surface area (Å²) in [6, 6.07) is 0. The predicted molar refractivity (Wildman–Crippen MR) is 78.3 cm³/mol. The molecule has 0 aromatic carbocycles. The van der Waals surface area contributed by atoms with Crippen molar-refractivity contribution in [3.8, 4) is 0 Å². The van der Waals surface area contributed by atoms with Crippen LogP contribution in [0, 0.1) is 5.92 Å². The maximum Gasteiger partial charge on any atom is 0.0942 e. The Hall–Kier alpha value is -0.120. The van der Waals surface area contributed by atoms with Crippen molar-refractivity contribution in [2.45, 2.75) is 83.5 Å². The van der Waals surface area contributed by atoms with Crippen LogP contribution in [0.15, 0.2) is 0 Å². The van der Waals surface area contributed by atoms with Crippen molar-refractivity contribution in [1.82, 2.24) is 0 Å². The zero-order valence-corrected chi connectivity index (χ0v) is 13.4. The SMILES string of the molecule is CCOC1(C(O)CCC(C)(C)OC)CCCC(C)C1. The second-order valence-corrected chi connectivity index (χ2v) is 6.72. The molecule has 3 nitrogen and oxygen atoms in total. The predicted octanol–water partition coefficient (Wildman–Crippen LogP) is 3.54. The molecule has 1 saturated carbocycles. The highest BCUT2D eigenvalue weighted by molar-refractivity contribution is 4.94. The number of aliphatic hydroxyl groups excluding tert-OH is 1. The third kappa shape index (κ3) is 4.73. The maximum atomic E-state index is 10.7. The van der Waals surface area contributed by atoms with Gasteiger partial charge in [-0.3, -0.25) is 0 Å². The topological polar surface area (TPSA) is 38.7 Å². The molecule has 1 aliphatic rings. The van der Waals surface area contributed by atoms with E-state index in [0.29, 0.717) is 12.5 Å². The Kier molecular flexibility index (Phi) is 6.28. The average Bonchev–Trinajstić information content (AvgIpc) is 2.36. The van der Waals surface area contributed by atoms with E-state index in [2.05, 4.69) is 20.8 Å². The highest BCUT2D eigenvalue weighted by Crippen LogP contribution is 2.39. The van der Waals surface area contributed by atoms with Crippen LogP contribution in [0.1, 0.15) is 66.2 Å². The van der Waals surface area contributed by atoms with Crippen LogP contribution < -0.4 is 0 Å². The van der Waals surface area contributed by atoms with Gasteiger partial charge in [-0.05, 0) is 52.4 Å². The monoisotopic (exact) mass is 272 g/mol. The Bertz CT molecular complexity index is 261. The molecule has 0 aliphatic heterocycles. The normalized spacial score (nSPS) is 30.3. The van der Waals surface area contributed by atoms with Crippen molar-refractivity contribution in [3.63, 3.8) is 0 Å². The molecule has 0 saturated heterocycles. The van der Waals surface area contributed by atoms with Crippen LogP contribution >= 0.6 is 0 Å². The van der Waals surface area contributed by atoms with Gasteiger partial charge in [-0.1, -0.05) is 19.8 Å². The van der Waals surface area contributed by atoms with Crippen LogP contribution in [0.2, 0.25) is 0 Å². The van der Waals surface area contributed by atoms with Gasteiger partial charge in [0, 0.05) is 13.7 Å². The third-order valence-corrected chi connectivity index (χ3v) is 4.60. The summed E-state index contributed by atoms with van der Waals surface area (Å²) in [5.41, 5.74) is -0.495. The summed E-state index contributed by atoms with van der Waals surface area (Å²) in [7, 11) is 1.73. The van der Waals surface area contributed by atoms with Gasteiger partial charge >= 0.3 is 0 Å². The fourth-order valence-corrected chi connectivity index (χ4v) is 3.21. The summed E-state index contributed by atoms with van der Waals surface area (Å²) < 4.78 is 11.4. The van der Waals surface area contributed by atoms with Gasteiger partial charge in [0.1, 0.15) is 0 Å². The van der Waals surface area contributed by atoms with Gasteiger partial charge < -0.3 is 14.6 Å². The molecular formula is C16H32O3. The minimum atomic E-state index is -0.385. The molecule has 0 aromatic rings. The van der Waals surface area contributed by atoms with Crippen molar-refractivity contribution in [2.24, 2.45) is 5.92 Å². The Morgan fingerprint density at radius 3 is 2.63 bits per heavy atom. The van der Waals surface area contributed by atoms with E-state index in [0.717, 1.165) is 32.1 Å². The molecule has 0 amide bonds. The molecule has 0 radical (unpaired) electrons. The molecule has 1 aliphatic carbocycles. The molecule has 0 heterocycles. The summed E-state index contributed by atoms with van der Waals surface area (Å²) in [6.45, 7) is 9.09. The summed E-state index contributed by atoms with van der Waals surface area (Å²) >= 11 is 0. The Morgan fingerprint density at radius 2 is 2.11 bits per heavy atom. The largest absolute Gasteiger partial charge is 0.390 e. The van der Waals surface area contributed by atoms with Gasteiger partial charge in [0.15, 0.2) is 0 Å². The average molecular weight is 272 g/mol. The van der Waals surface area contributed by atoms with E-state index in [1.165, 1.54) is 6.42 Å². The van der Waals surface area contributed by atoms with E-state index in [1.54, 1.807) is 7.11 Å². The first-order chi connectivity index (χ1) is 8.85. The van der Waals surface area contributed by atoms with Gasteiger partial charge in [-0.25, -0.2) is 0 Å². The quantitative estimate of drug-likeness (QED) is 0.770. The number of hydrogen-bond donors (Lipinski definition) is 1.